The van der Waals surface area contributed by atoms with Gasteiger partial charge in [-0.05, 0) is 49.8 Å². The number of aliphatic hydroxyl groups is 1. The molecule has 7 nitrogen and oxygen atoms in total. The van der Waals surface area contributed by atoms with Crippen LogP contribution in [0.2, 0.25) is 0 Å². The molecule has 1 saturated carbocycles. The maximum Gasteiger partial charge on any atom is 0.573 e. The SMILES string of the molecule is CCCCOC(=O)N[C@@H]1CCCN(C(=O)C(c2cccc(OC(F)(F)F)c2)C2(O)CCCCC2)C1. The Balaban J connectivity index is 1.80. The molecule has 1 aromatic carbocycles. The number of piperidine rings is 1. The van der Waals surface area contributed by atoms with Crippen LogP contribution < -0.4 is 10.1 Å². The van der Waals surface area contributed by atoms with Gasteiger partial charge in [0.15, 0.2) is 0 Å². The van der Waals surface area contributed by atoms with Crippen molar-refractivity contribution in [2.75, 3.05) is 19.7 Å². The van der Waals surface area contributed by atoms with Crippen molar-refractivity contribution in [1.29, 1.82) is 0 Å². The van der Waals surface area contributed by atoms with E-state index in [-0.39, 0.29) is 24.1 Å². The van der Waals surface area contributed by atoms with E-state index in [9.17, 15) is 27.9 Å². The zero-order valence-electron chi connectivity index (χ0n) is 20.1. The monoisotopic (exact) mass is 500 g/mol. The summed E-state index contributed by atoms with van der Waals surface area (Å²) in [4.78, 5) is 27.5. The predicted molar refractivity (Wildman–Crippen MR) is 123 cm³/mol. The lowest BCUT2D eigenvalue weighted by Crippen LogP contribution is -2.54. The molecule has 2 amide bonds. The number of unbranched alkanes of at least 4 members (excludes halogenated alkanes) is 1. The molecule has 0 spiro atoms. The summed E-state index contributed by atoms with van der Waals surface area (Å²) < 4.78 is 47.7. The maximum absolute atomic E-state index is 13.8. The van der Waals surface area contributed by atoms with Gasteiger partial charge in [-0.25, -0.2) is 4.79 Å². The lowest BCUT2D eigenvalue weighted by atomic mass is 9.72. The number of benzene rings is 1. The minimum Gasteiger partial charge on any atom is -0.450 e. The smallest absolute Gasteiger partial charge is 0.450 e. The van der Waals surface area contributed by atoms with Crippen LogP contribution in [0.15, 0.2) is 24.3 Å². The normalized spacial score (nSPS) is 21.2. The van der Waals surface area contributed by atoms with E-state index in [1.54, 1.807) is 11.0 Å². The van der Waals surface area contributed by atoms with Crippen molar-refractivity contribution < 1.29 is 37.3 Å². The second kappa shape index (κ2) is 12.0. The first-order valence-electron chi connectivity index (χ1n) is 12.4. The molecule has 2 atom stereocenters. The van der Waals surface area contributed by atoms with Gasteiger partial charge in [-0.15, -0.1) is 13.2 Å². The van der Waals surface area contributed by atoms with Crippen LogP contribution in [0.25, 0.3) is 0 Å². The second-order valence-corrected chi connectivity index (χ2v) is 9.47. The second-order valence-electron chi connectivity index (χ2n) is 9.47. The average molecular weight is 501 g/mol. The van der Waals surface area contributed by atoms with Crippen LogP contribution in [0.1, 0.15) is 76.2 Å². The lowest BCUT2D eigenvalue weighted by molar-refractivity contribution is -0.274. The number of amides is 2. The van der Waals surface area contributed by atoms with Crippen molar-refractivity contribution in [3.8, 4) is 5.75 Å². The molecule has 1 aliphatic carbocycles. The van der Waals surface area contributed by atoms with E-state index in [4.69, 9.17) is 4.74 Å². The first kappa shape index (κ1) is 27.1. The molecule has 2 fully saturated rings. The molecule has 1 aliphatic heterocycles. The van der Waals surface area contributed by atoms with Gasteiger partial charge < -0.3 is 24.8 Å². The van der Waals surface area contributed by atoms with Crippen LogP contribution in [-0.2, 0) is 9.53 Å². The molecule has 0 radical (unpaired) electrons. The first-order valence-corrected chi connectivity index (χ1v) is 12.4. The molecule has 1 aromatic rings. The number of halogens is 3. The Bertz CT molecular complexity index is 858. The summed E-state index contributed by atoms with van der Waals surface area (Å²) in [5, 5.41) is 14.3. The van der Waals surface area contributed by atoms with Crippen LogP contribution >= 0.6 is 0 Å². The summed E-state index contributed by atoms with van der Waals surface area (Å²) in [6.07, 6.45) is 0.744. The highest BCUT2D eigenvalue weighted by atomic mass is 19.4. The maximum atomic E-state index is 13.8. The van der Waals surface area contributed by atoms with Crippen LogP contribution in [0, 0.1) is 0 Å². The van der Waals surface area contributed by atoms with Gasteiger partial charge >= 0.3 is 12.5 Å². The van der Waals surface area contributed by atoms with Gasteiger partial charge in [0.25, 0.3) is 0 Å². The number of likely N-dealkylation sites (tertiary alicyclic amines) is 1. The summed E-state index contributed by atoms with van der Waals surface area (Å²) in [5.74, 6) is -1.82. The molecular weight excluding hydrogens is 465 g/mol. The number of rotatable bonds is 8. The topological polar surface area (TPSA) is 88.1 Å². The van der Waals surface area contributed by atoms with Gasteiger partial charge in [0.2, 0.25) is 5.91 Å². The van der Waals surface area contributed by atoms with Gasteiger partial charge in [-0.3, -0.25) is 4.79 Å². The van der Waals surface area contributed by atoms with Crippen LogP contribution in [0.3, 0.4) is 0 Å². The zero-order valence-corrected chi connectivity index (χ0v) is 20.1. The Kier molecular flexibility index (Phi) is 9.27. The molecule has 1 saturated heterocycles. The molecule has 196 valence electrons. The number of hydrogen-bond donors (Lipinski definition) is 2. The van der Waals surface area contributed by atoms with E-state index in [1.807, 2.05) is 6.92 Å². The highest BCUT2D eigenvalue weighted by Gasteiger charge is 2.45. The third-order valence-electron chi connectivity index (χ3n) is 6.71. The van der Waals surface area contributed by atoms with Crippen LogP contribution in [0.4, 0.5) is 18.0 Å². The van der Waals surface area contributed by atoms with Crippen LogP contribution in [-0.4, -0.2) is 59.7 Å². The number of carbonyl (C=O) groups is 2. The highest BCUT2D eigenvalue weighted by Crippen LogP contribution is 2.42. The van der Waals surface area contributed by atoms with Crippen molar-refractivity contribution in [1.82, 2.24) is 10.2 Å². The van der Waals surface area contributed by atoms with Crippen LogP contribution in [0.5, 0.6) is 5.75 Å². The Morgan fingerprint density at radius 1 is 1.23 bits per heavy atom. The molecule has 2 aliphatic rings. The number of nitrogens with one attached hydrogen (secondary N) is 1. The number of nitrogens with zero attached hydrogens (tertiary/aromatic N) is 1. The Hall–Kier alpha value is -2.49. The molecular formula is C25H35F3N2O5. The molecule has 2 N–H and O–H groups in total. The minimum absolute atomic E-state index is 0.243. The van der Waals surface area contributed by atoms with E-state index in [0.29, 0.717) is 38.8 Å². The van der Waals surface area contributed by atoms with Crippen molar-refractivity contribution in [3.63, 3.8) is 0 Å². The number of carbonyl (C=O) groups excluding carboxylic acids is 2. The molecule has 1 unspecified atom stereocenters. The largest absolute Gasteiger partial charge is 0.573 e. The Morgan fingerprint density at radius 2 is 1.97 bits per heavy atom. The predicted octanol–water partition coefficient (Wildman–Crippen LogP) is 4.88. The Morgan fingerprint density at radius 3 is 2.66 bits per heavy atom. The summed E-state index contributed by atoms with van der Waals surface area (Å²) >= 11 is 0. The number of hydrogen-bond acceptors (Lipinski definition) is 5. The van der Waals surface area contributed by atoms with Gasteiger partial charge in [0.05, 0.1) is 18.1 Å². The average Bonchev–Trinajstić information content (AvgIpc) is 2.79. The fourth-order valence-corrected chi connectivity index (χ4v) is 5.02. The van der Waals surface area contributed by atoms with Crippen molar-refractivity contribution in [2.45, 2.75) is 88.6 Å². The number of alkyl carbamates (subject to hydrolysis) is 1. The summed E-state index contributed by atoms with van der Waals surface area (Å²) in [7, 11) is 0. The van der Waals surface area contributed by atoms with E-state index in [2.05, 4.69) is 10.1 Å². The van der Waals surface area contributed by atoms with Crippen molar-refractivity contribution in [3.05, 3.63) is 29.8 Å². The van der Waals surface area contributed by atoms with Gasteiger partial charge in [0.1, 0.15) is 5.75 Å². The molecule has 35 heavy (non-hydrogen) atoms. The fraction of sp³-hybridized carbons (Fsp3) is 0.680. The van der Waals surface area contributed by atoms with Gasteiger partial charge in [-0.2, -0.15) is 0 Å². The molecule has 3 rings (SSSR count). The minimum atomic E-state index is -4.86. The van der Waals surface area contributed by atoms with Gasteiger partial charge in [-0.1, -0.05) is 44.7 Å². The van der Waals surface area contributed by atoms with E-state index >= 15 is 0 Å². The van der Waals surface area contributed by atoms with Gasteiger partial charge in [0, 0.05) is 19.1 Å². The van der Waals surface area contributed by atoms with Crippen molar-refractivity contribution >= 4 is 12.0 Å². The molecule has 0 bridgehead atoms. The molecule has 1 heterocycles. The summed E-state index contributed by atoms with van der Waals surface area (Å²) in [5.41, 5.74) is -1.08. The zero-order chi connectivity index (χ0) is 25.5. The third kappa shape index (κ3) is 7.75. The van der Waals surface area contributed by atoms with Crippen molar-refractivity contribution in [2.24, 2.45) is 0 Å². The van der Waals surface area contributed by atoms with E-state index in [0.717, 1.165) is 32.1 Å². The highest BCUT2D eigenvalue weighted by molar-refractivity contribution is 5.85. The fourth-order valence-electron chi connectivity index (χ4n) is 5.02. The molecule has 10 heteroatoms. The van der Waals surface area contributed by atoms with E-state index in [1.165, 1.54) is 18.2 Å². The Labute approximate surface area is 204 Å². The standard InChI is InChI=1S/C25H35F3N2O5/c1-2-3-15-34-23(32)29-19-10-8-14-30(17-19)22(31)21(24(33)12-5-4-6-13-24)18-9-7-11-20(16-18)35-25(26,27)28/h7,9,11,16,19,21,33H,2-6,8,10,12-15,17H2,1H3,(H,29,32)/t19-,21?/m1/s1. The summed E-state index contributed by atoms with van der Waals surface area (Å²) in [6, 6.07) is 5.02. The molecule has 0 aromatic heterocycles. The summed E-state index contributed by atoms with van der Waals surface area (Å²) in [6.45, 7) is 3.00. The number of ether oxygens (including phenoxy) is 2. The number of alkyl halides is 3. The third-order valence-corrected chi connectivity index (χ3v) is 6.71. The lowest BCUT2D eigenvalue weighted by Gasteiger charge is -2.42. The first-order chi connectivity index (χ1) is 16.6. The van der Waals surface area contributed by atoms with E-state index < -0.39 is 29.7 Å². The quantitative estimate of drug-likeness (QED) is 0.497.